The molecule has 2 N–H and O–H groups in total. The van der Waals surface area contributed by atoms with E-state index in [1.54, 1.807) is 16.5 Å². The van der Waals surface area contributed by atoms with Crippen molar-refractivity contribution in [1.29, 1.82) is 0 Å². The number of nitrogens with one attached hydrogen (secondary N) is 1. The van der Waals surface area contributed by atoms with E-state index in [4.69, 9.17) is 9.72 Å². The van der Waals surface area contributed by atoms with Gasteiger partial charge in [-0.1, -0.05) is 13.0 Å². The minimum Gasteiger partial charge on any atom is -0.466 e. The fourth-order valence-corrected chi connectivity index (χ4v) is 5.05. The summed E-state index contributed by atoms with van der Waals surface area (Å²) in [6.45, 7) is 5.47. The first-order chi connectivity index (χ1) is 18.8. The molecule has 2 atom stereocenters. The molecule has 2 aromatic heterocycles. The predicted molar refractivity (Wildman–Crippen MR) is 144 cm³/mol. The zero-order valence-corrected chi connectivity index (χ0v) is 23.1. The molecule has 2 unspecified atom stereocenters. The molecule has 2 amide bonds. The van der Waals surface area contributed by atoms with Gasteiger partial charge in [0, 0.05) is 63.5 Å². The molecule has 2 fully saturated rings. The van der Waals surface area contributed by atoms with Crippen LogP contribution >= 0.6 is 0 Å². The second-order valence-corrected chi connectivity index (χ2v) is 10.3. The molecule has 3 heterocycles. The number of nitrogens with zero attached hydrogens (tertiary/aromatic N) is 5. The minimum absolute atomic E-state index is 0.154. The lowest BCUT2D eigenvalue weighted by Gasteiger charge is -2.30. The van der Waals surface area contributed by atoms with Crippen molar-refractivity contribution in [3.05, 3.63) is 47.0 Å². The van der Waals surface area contributed by atoms with Gasteiger partial charge in [0.15, 0.2) is 5.69 Å². The van der Waals surface area contributed by atoms with Gasteiger partial charge in [0.2, 0.25) is 5.91 Å². The molecule has 0 aromatic carbocycles. The first-order valence-corrected chi connectivity index (χ1v) is 13.9. The molecule has 4 rings (SSSR count). The lowest BCUT2D eigenvalue weighted by Crippen LogP contribution is -2.44. The molecule has 0 radical (unpaired) electrons. The molecule has 212 valence electrons. The fraction of sp³-hybridized carbons (Fsp3) is 0.607. The number of aliphatic hydroxyl groups excluding tert-OH is 1. The molecule has 0 bridgehead atoms. The number of carbonyl (C=O) groups is 3. The molecule has 2 aliphatic rings. The molecule has 2 aromatic rings. The van der Waals surface area contributed by atoms with Gasteiger partial charge in [0.05, 0.1) is 18.4 Å². The fourth-order valence-electron chi connectivity index (χ4n) is 5.05. The highest BCUT2D eigenvalue weighted by molar-refractivity contribution is 5.92. The Bertz CT molecular complexity index is 1160. The van der Waals surface area contributed by atoms with Crippen LogP contribution in [0.15, 0.2) is 24.3 Å². The van der Waals surface area contributed by atoms with Crippen molar-refractivity contribution < 1.29 is 24.2 Å². The van der Waals surface area contributed by atoms with Crippen LogP contribution in [0.1, 0.15) is 79.1 Å². The normalized spacial score (nSPS) is 18.9. The van der Waals surface area contributed by atoms with Crippen LogP contribution in [0.25, 0.3) is 0 Å². The van der Waals surface area contributed by atoms with E-state index >= 15 is 0 Å². The number of amides is 2. The highest BCUT2D eigenvalue weighted by atomic mass is 16.5. The number of pyridine rings is 1. The first kappa shape index (κ1) is 28.7. The largest absolute Gasteiger partial charge is 0.466 e. The third-order valence-electron chi connectivity index (χ3n) is 7.20. The quantitative estimate of drug-likeness (QED) is 0.325. The maximum atomic E-state index is 13.5. The van der Waals surface area contributed by atoms with E-state index in [0.29, 0.717) is 50.0 Å². The van der Waals surface area contributed by atoms with E-state index in [1.165, 1.54) is 0 Å². The highest BCUT2D eigenvalue weighted by Gasteiger charge is 2.35. The van der Waals surface area contributed by atoms with Crippen LogP contribution in [0.3, 0.4) is 0 Å². The third kappa shape index (κ3) is 7.42. The summed E-state index contributed by atoms with van der Waals surface area (Å²) < 4.78 is 6.74. The number of aromatic nitrogens is 3. The van der Waals surface area contributed by atoms with E-state index in [0.717, 1.165) is 30.7 Å². The number of hydrogen-bond donors (Lipinski definition) is 2. The van der Waals surface area contributed by atoms with Crippen LogP contribution in [-0.2, 0) is 27.8 Å². The summed E-state index contributed by atoms with van der Waals surface area (Å²) in [4.78, 5) is 46.7. The zero-order valence-electron chi connectivity index (χ0n) is 23.1. The Labute approximate surface area is 229 Å². The van der Waals surface area contributed by atoms with Crippen molar-refractivity contribution in [1.82, 2.24) is 29.9 Å². The molecule has 0 spiro atoms. The Kier molecular flexibility index (Phi) is 9.68. The van der Waals surface area contributed by atoms with Crippen LogP contribution in [0.4, 0.5) is 0 Å². The average Bonchev–Trinajstić information content (AvgIpc) is 3.72. The number of aliphatic hydroxyl groups is 1. The summed E-state index contributed by atoms with van der Waals surface area (Å²) in [6, 6.07) is 6.72. The molecule has 1 aliphatic heterocycles. The number of ether oxygens (including phenoxy) is 1. The Morgan fingerprint density at radius 1 is 1.18 bits per heavy atom. The third-order valence-corrected chi connectivity index (χ3v) is 7.20. The van der Waals surface area contributed by atoms with E-state index in [2.05, 4.69) is 10.4 Å². The summed E-state index contributed by atoms with van der Waals surface area (Å²) in [5.41, 5.74) is 2.90. The second-order valence-electron chi connectivity index (χ2n) is 10.3. The second kappa shape index (κ2) is 13.2. The van der Waals surface area contributed by atoms with E-state index in [-0.39, 0.29) is 37.3 Å². The molecule has 1 saturated carbocycles. The van der Waals surface area contributed by atoms with Crippen LogP contribution < -0.4 is 5.32 Å². The summed E-state index contributed by atoms with van der Waals surface area (Å²) in [5, 5.41) is 18.3. The van der Waals surface area contributed by atoms with Gasteiger partial charge in [-0.15, -0.1) is 0 Å². The molecule has 11 nitrogen and oxygen atoms in total. The molecule has 39 heavy (non-hydrogen) atoms. The van der Waals surface area contributed by atoms with Gasteiger partial charge in [-0.2, -0.15) is 5.10 Å². The van der Waals surface area contributed by atoms with Gasteiger partial charge in [-0.3, -0.25) is 28.9 Å². The highest BCUT2D eigenvalue weighted by Crippen LogP contribution is 2.40. The van der Waals surface area contributed by atoms with Gasteiger partial charge in [-0.25, -0.2) is 0 Å². The monoisotopic (exact) mass is 540 g/mol. The van der Waals surface area contributed by atoms with Crippen molar-refractivity contribution in [3.8, 4) is 0 Å². The molecule has 1 aliphatic carbocycles. The summed E-state index contributed by atoms with van der Waals surface area (Å²) in [5.74, 6) is -0.301. The van der Waals surface area contributed by atoms with Crippen molar-refractivity contribution in [2.45, 2.75) is 64.0 Å². The van der Waals surface area contributed by atoms with Gasteiger partial charge in [-0.05, 0) is 50.8 Å². The lowest BCUT2D eigenvalue weighted by molar-refractivity contribution is -0.143. The minimum atomic E-state index is -0.850. The van der Waals surface area contributed by atoms with E-state index in [9.17, 15) is 19.5 Å². The summed E-state index contributed by atoms with van der Waals surface area (Å²) >= 11 is 0. The van der Waals surface area contributed by atoms with E-state index in [1.807, 2.05) is 43.1 Å². The van der Waals surface area contributed by atoms with Crippen LogP contribution in [0.2, 0.25) is 0 Å². The Balaban J connectivity index is 1.47. The maximum Gasteiger partial charge on any atom is 0.305 e. The molecular weight excluding hydrogens is 500 g/mol. The van der Waals surface area contributed by atoms with Crippen molar-refractivity contribution in [2.75, 3.05) is 39.3 Å². The smallest absolute Gasteiger partial charge is 0.305 e. The Hall–Kier alpha value is -3.31. The van der Waals surface area contributed by atoms with Crippen molar-refractivity contribution in [2.24, 2.45) is 7.05 Å². The SMILES string of the molecule is CCOC(=O)CCCNC(=O)C(c1cccc(CC)n1)N1CCN(C(=O)c2cc(C3CC3)n(C)n2)CC(O)C1. The Morgan fingerprint density at radius 3 is 2.69 bits per heavy atom. The molecule has 1 saturated heterocycles. The first-order valence-electron chi connectivity index (χ1n) is 13.9. The van der Waals surface area contributed by atoms with Crippen molar-refractivity contribution >= 4 is 17.8 Å². The number of hydrogen-bond acceptors (Lipinski definition) is 8. The average molecular weight is 541 g/mol. The maximum absolute atomic E-state index is 13.5. The predicted octanol–water partition coefficient (Wildman–Crippen LogP) is 1.57. The van der Waals surface area contributed by atoms with Crippen LogP contribution in [0, 0.1) is 0 Å². The number of carbonyl (C=O) groups excluding carboxylic acids is 3. The number of aryl methyl sites for hydroxylation is 2. The molecule has 11 heteroatoms. The number of rotatable bonds is 11. The van der Waals surface area contributed by atoms with Crippen LogP contribution in [-0.4, -0.2) is 92.9 Å². The summed E-state index contributed by atoms with van der Waals surface area (Å²) in [6.07, 6.45) is 2.78. The number of β-amino-alcohol motifs (C(OH)–C–C–N with tert-alkyl or cyclic N) is 1. The number of esters is 1. The standard InChI is InChI=1S/C28H40N6O5/c1-4-20-8-6-9-22(30-20)26(27(37)29-13-7-10-25(36)39-5-2)33-14-15-34(18-21(35)17-33)28(38)23-16-24(19-11-12-19)32(3)31-23/h6,8-9,16,19,21,26,35H,4-5,7,10-15,17-18H2,1-3H3,(H,29,37). The topological polar surface area (TPSA) is 130 Å². The Morgan fingerprint density at radius 2 is 1.97 bits per heavy atom. The van der Waals surface area contributed by atoms with Gasteiger partial charge in [0.1, 0.15) is 6.04 Å². The lowest BCUT2D eigenvalue weighted by atomic mass is 10.1. The molecular formula is C28H40N6O5. The van der Waals surface area contributed by atoms with Gasteiger partial charge in [0.25, 0.3) is 5.91 Å². The van der Waals surface area contributed by atoms with Crippen LogP contribution in [0.5, 0.6) is 0 Å². The van der Waals surface area contributed by atoms with Crippen molar-refractivity contribution in [3.63, 3.8) is 0 Å². The van der Waals surface area contributed by atoms with E-state index < -0.39 is 12.1 Å². The van der Waals surface area contributed by atoms with Gasteiger partial charge >= 0.3 is 5.97 Å². The van der Waals surface area contributed by atoms with Gasteiger partial charge < -0.3 is 20.1 Å². The zero-order chi connectivity index (χ0) is 27.9. The summed E-state index contributed by atoms with van der Waals surface area (Å²) in [7, 11) is 1.86.